The summed E-state index contributed by atoms with van der Waals surface area (Å²) in [7, 11) is 1.64. The minimum Gasteiger partial charge on any atom is -0.497 e. The van der Waals surface area contributed by atoms with Gasteiger partial charge in [-0.3, -0.25) is 9.59 Å². The Bertz CT molecular complexity index is 1120. The summed E-state index contributed by atoms with van der Waals surface area (Å²) in [6.07, 6.45) is 0.718. The van der Waals surface area contributed by atoms with Crippen LogP contribution in [0.4, 0.5) is 5.69 Å². The molecule has 0 N–H and O–H groups in total. The lowest BCUT2D eigenvalue weighted by Gasteiger charge is -2.29. The van der Waals surface area contributed by atoms with Crippen LogP contribution < -0.4 is 9.64 Å². The van der Waals surface area contributed by atoms with E-state index in [0.717, 1.165) is 40.3 Å². The second-order valence-electron chi connectivity index (χ2n) is 9.17. The predicted molar refractivity (Wildman–Crippen MR) is 115 cm³/mol. The third-order valence-corrected chi connectivity index (χ3v) is 7.74. The highest BCUT2D eigenvalue weighted by Crippen LogP contribution is 2.62. The average Bonchev–Trinajstić information content (AvgIpc) is 3.50. The van der Waals surface area contributed by atoms with Gasteiger partial charge >= 0.3 is 0 Å². The van der Waals surface area contributed by atoms with Crippen molar-refractivity contribution in [2.75, 3.05) is 12.0 Å². The monoisotopic (exact) mass is 416 g/mol. The van der Waals surface area contributed by atoms with Crippen LogP contribution in [0.25, 0.3) is 0 Å². The van der Waals surface area contributed by atoms with Gasteiger partial charge in [0.2, 0.25) is 11.8 Å². The van der Waals surface area contributed by atoms with E-state index in [1.54, 1.807) is 7.11 Å². The Hall–Kier alpha value is -3.15. The van der Waals surface area contributed by atoms with Gasteiger partial charge in [-0.15, -0.1) is 0 Å². The number of anilines is 1. The number of amides is 2. The fourth-order valence-corrected chi connectivity index (χ4v) is 6.51. The number of carbonyl (C=O) groups is 2. The van der Waals surface area contributed by atoms with Crippen LogP contribution in [-0.4, -0.2) is 30.7 Å². The molecule has 2 aromatic carbocycles. The van der Waals surface area contributed by atoms with E-state index in [9.17, 15) is 9.59 Å². The van der Waals surface area contributed by atoms with Gasteiger partial charge in [-0.2, -0.15) is 0 Å². The lowest BCUT2D eigenvalue weighted by atomic mass is 9.71. The zero-order valence-electron chi connectivity index (χ0n) is 17.7. The second kappa shape index (κ2) is 6.42. The van der Waals surface area contributed by atoms with Crippen molar-refractivity contribution < 1.29 is 19.2 Å². The van der Waals surface area contributed by atoms with Crippen LogP contribution in [-0.2, 0) is 14.4 Å². The number of hydrogen-bond acceptors (Lipinski definition) is 5. The van der Waals surface area contributed by atoms with Gasteiger partial charge in [0.15, 0.2) is 0 Å². The molecule has 2 aliphatic carbocycles. The molecule has 2 saturated carbocycles. The zero-order valence-corrected chi connectivity index (χ0v) is 17.7. The third-order valence-electron chi connectivity index (χ3n) is 7.74. The highest BCUT2D eigenvalue weighted by molar-refractivity contribution is 6.23. The van der Waals surface area contributed by atoms with Gasteiger partial charge in [0, 0.05) is 17.4 Å². The minimum absolute atomic E-state index is 0.0327. The largest absolute Gasteiger partial charge is 0.497 e. The lowest BCUT2D eigenvalue weighted by Crippen LogP contribution is -2.41. The first-order valence-corrected chi connectivity index (χ1v) is 10.8. The Balaban J connectivity index is 1.36. The Labute approximate surface area is 180 Å². The van der Waals surface area contributed by atoms with Crippen LogP contribution in [0.3, 0.4) is 0 Å². The summed E-state index contributed by atoms with van der Waals surface area (Å²) in [4.78, 5) is 34.5. The van der Waals surface area contributed by atoms with E-state index in [1.807, 2.05) is 56.3 Å². The van der Waals surface area contributed by atoms with Crippen molar-refractivity contribution >= 4 is 23.2 Å². The number of benzene rings is 2. The van der Waals surface area contributed by atoms with Gasteiger partial charge in [0.25, 0.3) is 0 Å². The Morgan fingerprint density at radius 3 is 2.23 bits per heavy atom. The van der Waals surface area contributed by atoms with Gasteiger partial charge in [0.1, 0.15) is 11.9 Å². The predicted octanol–water partition coefficient (Wildman–Crippen LogP) is 3.49. The molecule has 0 unspecified atom stereocenters. The molecule has 0 radical (unpaired) electrons. The van der Waals surface area contributed by atoms with Crippen LogP contribution in [0, 0.1) is 43.4 Å². The fourth-order valence-electron chi connectivity index (χ4n) is 6.51. The molecule has 0 spiro atoms. The topological polar surface area (TPSA) is 68.2 Å². The summed E-state index contributed by atoms with van der Waals surface area (Å²) < 4.78 is 5.26. The number of carbonyl (C=O) groups excluding carboxylic acids is 2. The van der Waals surface area contributed by atoms with E-state index >= 15 is 0 Å². The molecule has 3 fully saturated rings. The quantitative estimate of drug-likeness (QED) is 0.719. The molecule has 6 atom stereocenters. The van der Waals surface area contributed by atoms with Crippen molar-refractivity contribution in [3.63, 3.8) is 0 Å². The van der Waals surface area contributed by atoms with Gasteiger partial charge < -0.3 is 9.57 Å². The SMILES string of the molecule is COc1ccc(C2=NO[C@@H]3[C@H]4C[C@H]([C@H]5C(=O)N(c6c(C)cccc6C)C(=O)[C@H]45)[C@H]23)cc1. The molecule has 1 saturated heterocycles. The molecule has 158 valence electrons. The molecule has 31 heavy (non-hydrogen) atoms. The first-order valence-electron chi connectivity index (χ1n) is 10.8. The van der Waals surface area contributed by atoms with E-state index in [-0.39, 0.29) is 47.5 Å². The number of oxime groups is 1. The normalized spacial score (nSPS) is 32.7. The van der Waals surface area contributed by atoms with Gasteiger partial charge in [-0.25, -0.2) is 4.90 Å². The zero-order chi connectivity index (χ0) is 21.4. The molecule has 2 aromatic rings. The van der Waals surface area contributed by atoms with Crippen LogP contribution in [0.5, 0.6) is 5.75 Å². The summed E-state index contributed by atoms with van der Waals surface area (Å²) in [6, 6.07) is 13.7. The number of nitrogens with zero attached hydrogens (tertiary/aromatic N) is 2. The summed E-state index contributed by atoms with van der Waals surface area (Å²) >= 11 is 0. The second-order valence-corrected chi connectivity index (χ2v) is 9.17. The average molecular weight is 416 g/mol. The maximum Gasteiger partial charge on any atom is 0.238 e. The van der Waals surface area contributed by atoms with Crippen molar-refractivity contribution in [1.82, 2.24) is 0 Å². The van der Waals surface area contributed by atoms with E-state index in [2.05, 4.69) is 5.16 Å². The number of fused-ring (bicyclic) bond motifs is 8. The Morgan fingerprint density at radius 1 is 0.935 bits per heavy atom. The van der Waals surface area contributed by atoms with E-state index in [0.29, 0.717) is 0 Å². The number of rotatable bonds is 3. The molecular weight excluding hydrogens is 392 g/mol. The summed E-state index contributed by atoms with van der Waals surface area (Å²) in [5, 5.41) is 4.41. The van der Waals surface area contributed by atoms with Gasteiger partial charge in [-0.05, 0) is 61.6 Å². The molecule has 4 aliphatic rings. The summed E-state index contributed by atoms with van der Waals surface area (Å²) in [6.45, 7) is 3.91. The Morgan fingerprint density at radius 2 is 1.58 bits per heavy atom. The van der Waals surface area contributed by atoms with Gasteiger partial charge in [-0.1, -0.05) is 23.4 Å². The van der Waals surface area contributed by atoms with Crippen molar-refractivity contribution in [2.45, 2.75) is 26.4 Å². The molecule has 2 amide bonds. The lowest BCUT2D eigenvalue weighted by molar-refractivity contribution is -0.125. The number of methoxy groups -OCH3 is 1. The van der Waals surface area contributed by atoms with Crippen molar-refractivity contribution in [3.8, 4) is 5.75 Å². The van der Waals surface area contributed by atoms with Gasteiger partial charge in [0.05, 0.1) is 30.3 Å². The number of ether oxygens (including phenoxy) is 1. The number of imide groups is 1. The van der Waals surface area contributed by atoms with Crippen molar-refractivity contribution in [1.29, 1.82) is 0 Å². The Kier molecular flexibility index (Phi) is 3.86. The number of hydrogen-bond donors (Lipinski definition) is 0. The van der Waals surface area contributed by atoms with Crippen LogP contribution in [0.1, 0.15) is 23.1 Å². The molecule has 6 nitrogen and oxygen atoms in total. The number of aryl methyl sites for hydroxylation is 2. The first kappa shape index (κ1) is 18.6. The molecule has 6 rings (SSSR count). The first-order chi connectivity index (χ1) is 15.0. The minimum atomic E-state index is -0.303. The molecule has 2 bridgehead atoms. The number of para-hydroxylation sites is 1. The highest BCUT2D eigenvalue weighted by atomic mass is 16.6. The summed E-state index contributed by atoms with van der Waals surface area (Å²) in [5.41, 5.74) is 4.53. The van der Waals surface area contributed by atoms with E-state index in [4.69, 9.17) is 9.57 Å². The molecule has 6 heteroatoms. The summed E-state index contributed by atoms with van der Waals surface area (Å²) in [5.74, 6) is 0.229. The van der Waals surface area contributed by atoms with E-state index < -0.39 is 0 Å². The fraction of sp³-hybridized carbons (Fsp3) is 0.400. The maximum atomic E-state index is 13.6. The molecular formula is C25H24N2O4. The maximum absolute atomic E-state index is 13.6. The molecule has 2 aliphatic heterocycles. The third kappa shape index (κ3) is 2.36. The highest BCUT2D eigenvalue weighted by Gasteiger charge is 2.70. The van der Waals surface area contributed by atoms with Crippen molar-refractivity contribution in [2.24, 2.45) is 34.7 Å². The van der Waals surface area contributed by atoms with Crippen LogP contribution in [0.15, 0.2) is 47.6 Å². The van der Waals surface area contributed by atoms with Crippen molar-refractivity contribution in [3.05, 3.63) is 59.2 Å². The van der Waals surface area contributed by atoms with Crippen LogP contribution >= 0.6 is 0 Å². The standard InChI is InChI=1S/C25H24N2O4/c1-12-5-4-6-13(2)22(12)27-24(28)18-16-11-17(19(18)25(27)29)23-20(16)21(26-31-23)14-7-9-15(30-3)10-8-14/h4-10,16-20,23H,11H2,1-3H3/t16-,17+,18-,19-,20-,23-/m1/s1. The van der Waals surface area contributed by atoms with E-state index in [1.165, 1.54) is 4.90 Å². The molecule has 2 heterocycles. The smallest absolute Gasteiger partial charge is 0.238 e. The molecule has 0 aromatic heterocycles. The van der Waals surface area contributed by atoms with Crippen LogP contribution in [0.2, 0.25) is 0 Å².